The van der Waals surface area contributed by atoms with Crippen molar-refractivity contribution < 1.29 is 9.13 Å². The number of hydrogen-bond donors (Lipinski definition) is 1. The van der Waals surface area contributed by atoms with Crippen LogP contribution < -0.4 is 5.32 Å². The largest absolute Gasteiger partial charge is 0.374 e. The van der Waals surface area contributed by atoms with Gasteiger partial charge in [-0.2, -0.15) is 0 Å². The van der Waals surface area contributed by atoms with Crippen molar-refractivity contribution in [3.8, 4) is 0 Å². The van der Waals surface area contributed by atoms with Crippen LogP contribution in [-0.2, 0) is 11.3 Å². The lowest BCUT2D eigenvalue weighted by Gasteiger charge is -2.35. The summed E-state index contributed by atoms with van der Waals surface area (Å²) in [5.41, 5.74) is 0.969. The lowest BCUT2D eigenvalue weighted by atomic mass is 10.2. The Kier molecular flexibility index (Phi) is 5.31. The Balaban J connectivity index is 1.73. The summed E-state index contributed by atoms with van der Waals surface area (Å²) in [7, 11) is 0. The summed E-state index contributed by atoms with van der Waals surface area (Å²) in [5.74, 6) is -0.181. The highest BCUT2D eigenvalue weighted by Crippen LogP contribution is 2.08. The molecule has 1 unspecified atom stereocenters. The normalized spacial score (nSPS) is 20.9. The molecule has 1 aromatic carbocycles. The van der Waals surface area contributed by atoms with E-state index >= 15 is 0 Å². The first-order valence-corrected chi connectivity index (χ1v) is 6.96. The average molecular weight is 266 g/mol. The van der Waals surface area contributed by atoms with Crippen LogP contribution >= 0.6 is 0 Å². The molecular formula is C15H23FN2O. The van der Waals surface area contributed by atoms with Gasteiger partial charge in [0.25, 0.3) is 0 Å². The quantitative estimate of drug-likeness (QED) is 0.882. The highest BCUT2D eigenvalue weighted by molar-refractivity contribution is 5.15. The maximum atomic E-state index is 13.0. The van der Waals surface area contributed by atoms with Gasteiger partial charge in [0.2, 0.25) is 0 Å². The molecule has 1 heterocycles. The monoisotopic (exact) mass is 266 g/mol. The van der Waals surface area contributed by atoms with E-state index in [1.165, 1.54) is 6.07 Å². The van der Waals surface area contributed by atoms with Gasteiger partial charge in [0.05, 0.1) is 12.7 Å². The Morgan fingerprint density at radius 3 is 3.05 bits per heavy atom. The van der Waals surface area contributed by atoms with Gasteiger partial charge in [0.15, 0.2) is 0 Å². The number of rotatable bonds is 5. The smallest absolute Gasteiger partial charge is 0.123 e. The van der Waals surface area contributed by atoms with Gasteiger partial charge in [0, 0.05) is 32.2 Å². The number of morpholine rings is 1. The zero-order valence-electron chi connectivity index (χ0n) is 11.7. The molecular weight excluding hydrogens is 243 g/mol. The maximum Gasteiger partial charge on any atom is 0.123 e. The Morgan fingerprint density at radius 1 is 1.47 bits per heavy atom. The van der Waals surface area contributed by atoms with Crippen LogP contribution in [0.15, 0.2) is 24.3 Å². The molecule has 0 amide bonds. The third-order valence-electron chi connectivity index (χ3n) is 3.49. The number of benzene rings is 1. The standard InChI is InChI=1S/C15H23FN2O/c1-12(2)18-6-7-19-15(11-18)10-17-9-13-4-3-5-14(16)8-13/h3-5,8,12,15,17H,6-7,9-11H2,1-2H3. The van der Waals surface area contributed by atoms with Gasteiger partial charge in [0.1, 0.15) is 5.82 Å². The molecule has 0 radical (unpaired) electrons. The first-order chi connectivity index (χ1) is 9.15. The lowest BCUT2D eigenvalue weighted by molar-refractivity contribution is -0.0372. The summed E-state index contributed by atoms with van der Waals surface area (Å²) in [6.45, 7) is 8.68. The molecule has 1 aromatic rings. The van der Waals surface area contributed by atoms with E-state index in [1.54, 1.807) is 12.1 Å². The van der Waals surface area contributed by atoms with E-state index < -0.39 is 0 Å². The number of nitrogens with zero attached hydrogens (tertiary/aromatic N) is 1. The van der Waals surface area contributed by atoms with Crippen molar-refractivity contribution in [2.75, 3.05) is 26.2 Å². The van der Waals surface area contributed by atoms with Gasteiger partial charge >= 0.3 is 0 Å². The fourth-order valence-corrected chi connectivity index (χ4v) is 2.36. The molecule has 1 atom stereocenters. The number of ether oxygens (including phenoxy) is 1. The van der Waals surface area contributed by atoms with Crippen LogP contribution in [0.1, 0.15) is 19.4 Å². The van der Waals surface area contributed by atoms with Crippen LogP contribution in [0.2, 0.25) is 0 Å². The molecule has 3 nitrogen and oxygen atoms in total. The van der Waals surface area contributed by atoms with Crippen molar-refractivity contribution in [2.45, 2.75) is 32.5 Å². The van der Waals surface area contributed by atoms with Gasteiger partial charge in [-0.1, -0.05) is 12.1 Å². The molecule has 106 valence electrons. The van der Waals surface area contributed by atoms with Crippen molar-refractivity contribution in [1.29, 1.82) is 0 Å². The van der Waals surface area contributed by atoms with Crippen LogP contribution in [-0.4, -0.2) is 43.3 Å². The molecule has 1 N–H and O–H groups in total. The van der Waals surface area contributed by atoms with Crippen LogP contribution in [0.5, 0.6) is 0 Å². The van der Waals surface area contributed by atoms with Gasteiger partial charge in [-0.3, -0.25) is 4.90 Å². The SMILES string of the molecule is CC(C)N1CCOC(CNCc2cccc(F)c2)C1. The van der Waals surface area contributed by atoms with Crippen molar-refractivity contribution in [2.24, 2.45) is 0 Å². The zero-order valence-corrected chi connectivity index (χ0v) is 11.7. The second-order valence-electron chi connectivity index (χ2n) is 5.34. The molecule has 0 spiro atoms. The molecule has 0 bridgehead atoms. The van der Waals surface area contributed by atoms with E-state index in [0.717, 1.165) is 31.8 Å². The predicted molar refractivity (Wildman–Crippen MR) is 74.6 cm³/mol. The van der Waals surface area contributed by atoms with Crippen LogP contribution in [0, 0.1) is 5.82 Å². The Morgan fingerprint density at radius 2 is 2.32 bits per heavy atom. The topological polar surface area (TPSA) is 24.5 Å². The molecule has 0 saturated carbocycles. The van der Waals surface area contributed by atoms with Gasteiger partial charge in [-0.15, -0.1) is 0 Å². The minimum Gasteiger partial charge on any atom is -0.374 e. The third-order valence-corrected chi connectivity index (χ3v) is 3.49. The molecule has 1 aliphatic rings. The van der Waals surface area contributed by atoms with Crippen molar-refractivity contribution in [3.63, 3.8) is 0 Å². The summed E-state index contributed by atoms with van der Waals surface area (Å²) in [4.78, 5) is 2.43. The molecule has 1 fully saturated rings. The molecule has 1 aliphatic heterocycles. The summed E-state index contributed by atoms with van der Waals surface area (Å²) >= 11 is 0. The number of halogens is 1. The summed E-state index contributed by atoms with van der Waals surface area (Å²) < 4.78 is 18.8. The van der Waals surface area contributed by atoms with Crippen LogP contribution in [0.3, 0.4) is 0 Å². The first-order valence-electron chi connectivity index (χ1n) is 6.96. The van der Waals surface area contributed by atoms with Crippen LogP contribution in [0.4, 0.5) is 4.39 Å². The zero-order chi connectivity index (χ0) is 13.7. The Hall–Kier alpha value is -0.970. The Bertz CT molecular complexity index is 397. The van der Waals surface area contributed by atoms with Crippen molar-refractivity contribution in [3.05, 3.63) is 35.6 Å². The average Bonchev–Trinajstić information content (AvgIpc) is 2.39. The van der Waals surface area contributed by atoms with E-state index in [-0.39, 0.29) is 11.9 Å². The molecule has 2 rings (SSSR count). The molecule has 4 heteroatoms. The first kappa shape index (κ1) is 14.4. The lowest BCUT2D eigenvalue weighted by Crippen LogP contribution is -2.48. The van der Waals surface area contributed by atoms with Gasteiger partial charge in [-0.25, -0.2) is 4.39 Å². The fourth-order valence-electron chi connectivity index (χ4n) is 2.36. The van der Waals surface area contributed by atoms with Crippen molar-refractivity contribution in [1.82, 2.24) is 10.2 Å². The van der Waals surface area contributed by atoms with E-state index in [2.05, 4.69) is 24.1 Å². The Labute approximate surface area is 114 Å². The van der Waals surface area contributed by atoms with Crippen LogP contribution in [0.25, 0.3) is 0 Å². The molecule has 1 saturated heterocycles. The van der Waals surface area contributed by atoms with E-state index in [0.29, 0.717) is 12.6 Å². The molecule has 0 aromatic heterocycles. The van der Waals surface area contributed by atoms with E-state index in [4.69, 9.17) is 4.74 Å². The highest BCUT2D eigenvalue weighted by Gasteiger charge is 2.21. The second-order valence-corrected chi connectivity index (χ2v) is 5.34. The molecule has 0 aliphatic carbocycles. The van der Waals surface area contributed by atoms with Gasteiger partial charge < -0.3 is 10.1 Å². The van der Waals surface area contributed by atoms with E-state index in [1.807, 2.05) is 6.07 Å². The minimum absolute atomic E-state index is 0.181. The minimum atomic E-state index is -0.181. The number of nitrogens with one attached hydrogen (secondary N) is 1. The molecule has 19 heavy (non-hydrogen) atoms. The summed E-state index contributed by atoms with van der Waals surface area (Å²) in [6.07, 6.45) is 0.227. The summed E-state index contributed by atoms with van der Waals surface area (Å²) in [5, 5.41) is 3.34. The maximum absolute atomic E-state index is 13.0. The predicted octanol–water partition coefficient (Wildman–Crippen LogP) is 2.02. The van der Waals surface area contributed by atoms with Crippen molar-refractivity contribution >= 4 is 0 Å². The summed E-state index contributed by atoms with van der Waals surface area (Å²) in [6, 6.07) is 7.26. The van der Waals surface area contributed by atoms with Gasteiger partial charge in [-0.05, 0) is 31.5 Å². The number of hydrogen-bond acceptors (Lipinski definition) is 3. The second kappa shape index (κ2) is 6.98. The third kappa shape index (κ3) is 4.56. The fraction of sp³-hybridized carbons (Fsp3) is 0.600. The van der Waals surface area contributed by atoms with E-state index in [9.17, 15) is 4.39 Å². The highest BCUT2D eigenvalue weighted by atomic mass is 19.1.